The third kappa shape index (κ3) is 2.86. The molecule has 4 aromatic rings. The number of anilines is 1. The van der Waals surface area contributed by atoms with Crippen LogP contribution in [0.1, 0.15) is 6.42 Å². The van der Waals surface area contributed by atoms with Gasteiger partial charge in [0.25, 0.3) is 0 Å². The molecule has 0 radical (unpaired) electrons. The van der Waals surface area contributed by atoms with Gasteiger partial charge in [-0.1, -0.05) is 0 Å². The fourth-order valence-corrected chi connectivity index (χ4v) is 4.50. The molecule has 5 rings (SSSR count). The lowest BCUT2D eigenvalue weighted by molar-refractivity contribution is 0.627. The second-order valence-electron chi connectivity index (χ2n) is 6.37. The minimum atomic E-state index is 0.646. The molecule has 1 aliphatic rings. The Hall–Kier alpha value is -2.74. The average Bonchev–Trinajstić information content (AvgIpc) is 3.35. The fraction of sp³-hybridized carbons (Fsp3) is 0.278. The summed E-state index contributed by atoms with van der Waals surface area (Å²) in [5.74, 6) is 3.86. The molecular formula is C18H17N7S. The molecular weight excluding hydrogens is 346 g/mol. The van der Waals surface area contributed by atoms with E-state index in [4.69, 9.17) is 0 Å². The van der Waals surface area contributed by atoms with Gasteiger partial charge in [-0.05, 0) is 36.0 Å². The predicted molar refractivity (Wildman–Crippen MR) is 103 cm³/mol. The third-order valence-electron chi connectivity index (χ3n) is 4.62. The molecule has 0 saturated carbocycles. The largest absolute Gasteiger partial charge is 0.353 e. The van der Waals surface area contributed by atoms with Crippen molar-refractivity contribution in [1.29, 1.82) is 0 Å². The van der Waals surface area contributed by atoms with Crippen LogP contribution in [-0.4, -0.2) is 47.6 Å². The maximum atomic E-state index is 4.58. The van der Waals surface area contributed by atoms with Gasteiger partial charge in [0, 0.05) is 42.5 Å². The van der Waals surface area contributed by atoms with E-state index in [1.165, 1.54) is 17.9 Å². The van der Waals surface area contributed by atoms with Gasteiger partial charge in [-0.3, -0.25) is 4.98 Å². The second-order valence-corrected chi connectivity index (χ2v) is 7.52. The number of hydrogen-bond donors (Lipinski definition) is 1. The number of rotatable bonds is 4. The summed E-state index contributed by atoms with van der Waals surface area (Å²) in [6, 6.07) is 4.02. The molecule has 130 valence electrons. The summed E-state index contributed by atoms with van der Waals surface area (Å²) >= 11 is 2.02. The lowest BCUT2D eigenvalue weighted by Gasteiger charge is -2.10. The number of nitrogens with one attached hydrogen (secondary N) is 1. The Morgan fingerprint density at radius 3 is 3.04 bits per heavy atom. The first-order valence-corrected chi connectivity index (χ1v) is 9.75. The number of nitrogens with zero attached hydrogens (tertiary/aromatic N) is 6. The first-order valence-electron chi connectivity index (χ1n) is 8.60. The van der Waals surface area contributed by atoms with Crippen molar-refractivity contribution in [2.75, 3.05) is 23.4 Å². The summed E-state index contributed by atoms with van der Waals surface area (Å²) < 4.78 is 1.86. The number of aromatic nitrogens is 6. The van der Waals surface area contributed by atoms with E-state index < -0.39 is 0 Å². The summed E-state index contributed by atoms with van der Waals surface area (Å²) in [6.07, 6.45) is 10.2. The molecule has 8 heteroatoms. The monoisotopic (exact) mass is 363 g/mol. The standard InChI is InChI=1S/C18H17N7S/c1-5-25-16(10-23-18(24-25)22-8-12-2-6-26-11-12)14(1)13-7-15-17(21-9-13)20-4-3-19-15/h1,3-5,7,9-10,12H,2,6,8,11H2,(H,22,24). The van der Waals surface area contributed by atoms with Crippen molar-refractivity contribution in [3.05, 3.63) is 43.1 Å². The summed E-state index contributed by atoms with van der Waals surface area (Å²) in [5, 5.41) is 7.95. The fourth-order valence-electron chi connectivity index (χ4n) is 3.21. The highest BCUT2D eigenvalue weighted by Crippen LogP contribution is 2.27. The molecule has 1 saturated heterocycles. The van der Waals surface area contributed by atoms with Gasteiger partial charge in [-0.15, -0.1) is 5.10 Å². The van der Waals surface area contributed by atoms with Gasteiger partial charge >= 0.3 is 0 Å². The molecule has 1 N–H and O–H groups in total. The molecule has 26 heavy (non-hydrogen) atoms. The van der Waals surface area contributed by atoms with Gasteiger partial charge in [0.15, 0.2) is 5.65 Å². The predicted octanol–water partition coefficient (Wildman–Crippen LogP) is 2.90. The summed E-state index contributed by atoms with van der Waals surface area (Å²) in [4.78, 5) is 17.4. The molecule has 1 fully saturated rings. The highest BCUT2D eigenvalue weighted by molar-refractivity contribution is 7.99. The molecule has 1 atom stereocenters. The van der Waals surface area contributed by atoms with Crippen LogP contribution in [0, 0.1) is 5.92 Å². The smallest absolute Gasteiger partial charge is 0.241 e. The van der Waals surface area contributed by atoms with Crippen molar-refractivity contribution in [2.24, 2.45) is 5.92 Å². The van der Waals surface area contributed by atoms with E-state index in [2.05, 4.69) is 30.4 Å². The highest BCUT2D eigenvalue weighted by Gasteiger charge is 2.16. The molecule has 7 nitrogen and oxygen atoms in total. The zero-order chi connectivity index (χ0) is 17.3. The topological polar surface area (TPSA) is 80.9 Å². The van der Waals surface area contributed by atoms with Crippen molar-refractivity contribution in [3.63, 3.8) is 0 Å². The van der Waals surface area contributed by atoms with Crippen LogP contribution >= 0.6 is 11.8 Å². The van der Waals surface area contributed by atoms with Crippen molar-refractivity contribution in [1.82, 2.24) is 29.5 Å². The van der Waals surface area contributed by atoms with Gasteiger partial charge in [0.2, 0.25) is 5.95 Å². The lowest BCUT2D eigenvalue weighted by Crippen LogP contribution is -2.15. The van der Waals surface area contributed by atoms with Crippen molar-refractivity contribution >= 4 is 34.4 Å². The van der Waals surface area contributed by atoms with Gasteiger partial charge in [0.05, 0.1) is 11.7 Å². The van der Waals surface area contributed by atoms with E-state index in [-0.39, 0.29) is 0 Å². The Labute approximate surface area is 154 Å². The van der Waals surface area contributed by atoms with E-state index in [0.717, 1.165) is 28.7 Å². The van der Waals surface area contributed by atoms with Gasteiger partial charge in [-0.2, -0.15) is 11.8 Å². The molecule has 5 heterocycles. The van der Waals surface area contributed by atoms with Gasteiger partial charge in [-0.25, -0.2) is 19.5 Å². The Morgan fingerprint density at radius 1 is 1.15 bits per heavy atom. The van der Waals surface area contributed by atoms with Crippen molar-refractivity contribution in [3.8, 4) is 11.1 Å². The van der Waals surface area contributed by atoms with E-state index >= 15 is 0 Å². The van der Waals surface area contributed by atoms with Crippen molar-refractivity contribution in [2.45, 2.75) is 6.42 Å². The molecule has 1 aliphatic heterocycles. The molecule has 0 aliphatic carbocycles. The van der Waals surface area contributed by atoms with Crippen LogP contribution in [-0.2, 0) is 0 Å². The minimum Gasteiger partial charge on any atom is -0.353 e. The maximum Gasteiger partial charge on any atom is 0.241 e. The normalized spacial score (nSPS) is 17.2. The van der Waals surface area contributed by atoms with Crippen LogP contribution in [0.4, 0.5) is 5.95 Å². The van der Waals surface area contributed by atoms with Crippen LogP contribution in [0.5, 0.6) is 0 Å². The number of pyridine rings is 1. The van der Waals surface area contributed by atoms with Crippen LogP contribution in [0.3, 0.4) is 0 Å². The van der Waals surface area contributed by atoms with E-state index in [0.29, 0.717) is 17.5 Å². The summed E-state index contributed by atoms with van der Waals surface area (Å²) in [5.41, 5.74) is 4.37. The molecule has 0 bridgehead atoms. The van der Waals surface area contributed by atoms with E-state index in [9.17, 15) is 0 Å². The lowest BCUT2D eigenvalue weighted by atomic mass is 10.1. The molecule has 0 aromatic carbocycles. The molecule has 0 amide bonds. The van der Waals surface area contributed by atoms with Gasteiger partial charge in [0.1, 0.15) is 5.52 Å². The Bertz CT molecular complexity index is 1070. The van der Waals surface area contributed by atoms with Gasteiger partial charge < -0.3 is 5.32 Å². The highest BCUT2D eigenvalue weighted by atomic mass is 32.2. The zero-order valence-corrected chi connectivity index (χ0v) is 14.9. The minimum absolute atomic E-state index is 0.646. The van der Waals surface area contributed by atoms with Crippen LogP contribution in [0.15, 0.2) is 43.1 Å². The summed E-state index contributed by atoms with van der Waals surface area (Å²) in [6.45, 7) is 0.930. The third-order valence-corrected chi connectivity index (χ3v) is 5.86. The zero-order valence-electron chi connectivity index (χ0n) is 14.0. The first kappa shape index (κ1) is 15.5. The molecule has 4 aromatic heterocycles. The Kier molecular flexibility index (Phi) is 3.89. The second kappa shape index (κ2) is 6.53. The van der Waals surface area contributed by atoms with Crippen LogP contribution in [0.25, 0.3) is 27.8 Å². The quantitative estimate of drug-likeness (QED) is 0.597. The van der Waals surface area contributed by atoms with E-state index in [1.807, 2.05) is 47.0 Å². The number of thioether (sulfide) groups is 1. The molecule has 0 spiro atoms. The first-order chi connectivity index (χ1) is 12.9. The Balaban J connectivity index is 1.44. The van der Waals surface area contributed by atoms with Crippen molar-refractivity contribution < 1.29 is 0 Å². The van der Waals surface area contributed by atoms with Crippen LogP contribution < -0.4 is 5.32 Å². The van der Waals surface area contributed by atoms with E-state index in [1.54, 1.807) is 12.4 Å². The maximum absolute atomic E-state index is 4.58. The van der Waals surface area contributed by atoms with Crippen LogP contribution in [0.2, 0.25) is 0 Å². The SMILES string of the molecule is c1cnc2ncc(-c3ccn4nc(NCC5CCSC5)ncc34)cc2n1. The Morgan fingerprint density at radius 2 is 2.12 bits per heavy atom. The number of fused-ring (bicyclic) bond motifs is 2. The molecule has 1 unspecified atom stereocenters. The number of hydrogen-bond acceptors (Lipinski definition) is 7. The average molecular weight is 363 g/mol. The summed E-state index contributed by atoms with van der Waals surface area (Å²) in [7, 11) is 0.